The number of methoxy groups -OCH3 is 2. The van der Waals surface area contributed by atoms with E-state index < -0.39 is 24.2 Å². The molecule has 0 bridgehead atoms. The van der Waals surface area contributed by atoms with Gasteiger partial charge in [-0.25, -0.2) is 0 Å². The van der Waals surface area contributed by atoms with Gasteiger partial charge in [-0.3, -0.25) is 19.3 Å². The van der Waals surface area contributed by atoms with Crippen molar-refractivity contribution in [2.45, 2.75) is 26.2 Å². The first-order valence-electron chi connectivity index (χ1n) is 10.3. The number of esters is 1. The van der Waals surface area contributed by atoms with E-state index in [0.717, 1.165) is 16.0 Å². The molecule has 0 aliphatic heterocycles. The normalized spacial score (nSPS) is 10.2. The average Bonchev–Trinajstić information content (AvgIpc) is 2.79. The van der Waals surface area contributed by atoms with Crippen LogP contribution in [-0.4, -0.2) is 50.1 Å². The fourth-order valence-electron chi connectivity index (χ4n) is 3.26. The molecule has 0 atom stereocenters. The SMILES string of the molecule is C=CCc1ccccc1C(=O)N(CCc1ccc(OC)c(OC)c1)C(=O)CC(=O)OCC. The van der Waals surface area contributed by atoms with Gasteiger partial charge in [-0.15, -0.1) is 6.58 Å². The summed E-state index contributed by atoms with van der Waals surface area (Å²) in [6.07, 6.45) is 2.05. The zero-order valence-electron chi connectivity index (χ0n) is 18.8. The fourth-order valence-corrected chi connectivity index (χ4v) is 3.26. The summed E-state index contributed by atoms with van der Waals surface area (Å²) in [5, 5.41) is 0. The number of carbonyl (C=O) groups excluding carboxylic acids is 3. The van der Waals surface area contributed by atoms with Gasteiger partial charge >= 0.3 is 5.97 Å². The highest BCUT2D eigenvalue weighted by Crippen LogP contribution is 2.28. The number of imide groups is 1. The highest BCUT2D eigenvalue weighted by atomic mass is 16.5. The van der Waals surface area contributed by atoms with Gasteiger partial charge in [0.15, 0.2) is 11.5 Å². The number of hydrogen-bond donors (Lipinski definition) is 0. The maximum Gasteiger partial charge on any atom is 0.315 e. The minimum Gasteiger partial charge on any atom is -0.493 e. The van der Waals surface area contributed by atoms with Crippen LogP contribution in [0.25, 0.3) is 0 Å². The Labute approximate surface area is 188 Å². The predicted molar refractivity (Wildman–Crippen MR) is 121 cm³/mol. The van der Waals surface area contributed by atoms with Crippen molar-refractivity contribution in [2.24, 2.45) is 0 Å². The molecule has 0 radical (unpaired) electrons. The standard InChI is InChI=1S/C25H29NO6/c1-5-9-19-10-7-8-11-20(19)25(29)26(23(27)17-24(28)32-6-2)15-14-18-12-13-21(30-3)22(16-18)31-4/h5,7-8,10-13,16H,1,6,9,14-15,17H2,2-4H3. The lowest BCUT2D eigenvalue weighted by Crippen LogP contribution is -2.40. The Morgan fingerprint density at radius 3 is 2.41 bits per heavy atom. The van der Waals surface area contributed by atoms with Crippen LogP contribution in [0.4, 0.5) is 0 Å². The van der Waals surface area contributed by atoms with Crippen LogP contribution in [0.5, 0.6) is 11.5 Å². The van der Waals surface area contributed by atoms with Gasteiger partial charge in [0.1, 0.15) is 6.42 Å². The highest BCUT2D eigenvalue weighted by Gasteiger charge is 2.26. The van der Waals surface area contributed by atoms with Gasteiger partial charge in [0, 0.05) is 12.1 Å². The third-order valence-electron chi connectivity index (χ3n) is 4.83. The second-order valence-corrected chi connectivity index (χ2v) is 6.92. The van der Waals surface area contributed by atoms with E-state index in [2.05, 4.69) is 6.58 Å². The Bertz CT molecular complexity index is 969. The molecule has 0 N–H and O–H groups in total. The Hall–Kier alpha value is -3.61. The predicted octanol–water partition coefficient (Wildman–Crippen LogP) is 3.60. The maximum atomic E-state index is 13.3. The van der Waals surface area contributed by atoms with E-state index in [1.54, 1.807) is 44.4 Å². The number of nitrogens with zero attached hydrogens (tertiary/aromatic N) is 1. The molecule has 0 saturated heterocycles. The van der Waals surface area contributed by atoms with Crippen molar-refractivity contribution in [3.05, 3.63) is 71.8 Å². The molecule has 0 spiro atoms. The molecule has 170 valence electrons. The Morgan fingerprint density at radius 2 is 1.75 bits per heavy atom. The number of rotatable bonds is 11. The molecule has 32 heavy (non-hydrogen) atoms. The minimum absolute atomic E-state index is 0.0922. The number of ether oxygens (including phenoxy) is 3. The van der Waals surface area contributed by atoms with E-state index in [4.69, 9.17) is 14.2 Å². The molecule has 7 nitrogen and oxygen atoms in total. The van der Waals surface area contributed by atoms with Gasteiger partial charge in [0.05, 0.1) is 20.8 Å². The zero-order valence-corrected chi connectivity index (χ0v) is 18.8. The largest absolute Gasteiger partial charge is 0.493 e. The van der Waals surface area contributed by atoms with Crippen LogP contribution in [0.3, 0.4) is 0 Å². The molecule has 0 unspecified atom stereocenters. The summed E-state index contributed by atoms with van der Waals surface area (Å²) in [6, 6.07) is 12.4. The molecule has 0 aliphatic carbocycles. The summed E-state index contributed by atoms with van der Waals surface area (Å²) in [7, 11) is 3.09. The quantitative estimate of drug-likeness (QED) is 0.302. The van der Waals surface area contributed by atoms with Crippen LogP contribution >= 0.6 is 0 Å². The summed E-state index contributed by atoms with van der Waals surface area (Å²) in [6.45, 7) is 5.64. The van der Waals surface area contributed by atoms with E-state index in [1.807, 2.05) is 18.2 Å². The first-order valence-corrected chi connectivity index (χ1v) is 10.3. The Balaban J connectivity index is 2.30. The minimum atomic E-state index is -0.666. The van der Waals surface area contributed by atoms with Crippen molar-refractivity contribution in [3.8, 4) is 11.5 Å². The highest BCUT2D eigenvalue weighted by molar-refractivity contribution is 6.09. The molecule has 0 aromatic heterocycles. The lowest BCUT2D eigenvalue weighted by molar-refractivity contribution is -0.147. The van der Waals surface area contributed by atoms with Crippen LogP contribution in [-0.2, 0) is 27.2 Å². The molecule has 2 amide bonds. The Morgan fingerprint density at radius 1 is 1.03 bits per heavy atom. The summed E-state index contributed by atoms with van der Waals surface area (Å²) in [5.74, 6) is -0.599. The van der Waals surface area contributed by atoms with Crippen LogP contribution < -0.4 is 9.47 Å². The van der Waals surface area contributed by atoms with E-state index in [0.29, 0.717) is 29.9 Å². The van der Waals surface area contributed by atoms with Crippen LogP contribution in [0.15, 0.2) is 55.1 Å². The number of amides is 2. The third kappa shape index (κ3) is 6.44. The summed E-state index contributed by atoms with van der Waals surface area (Å²) in [5.41, 5.74) is 2.01. The van der Waals surface area contributed by atoms with Gasteiger partial charge in [-0.1, -0.05) is 30.3 Å². The lowest BCUT2D eigenvalue weighted by atomic mass is 10.0. The fraction of sp³-hybridized carbons (Fsp3) is 0.320. The second-order valence-electron chi connectivity index (χ2n) is 6.92. The van der Waals surface area contributed by atoms with Gasteiger partial charge in [-0.2, -0.15) is 0 Å². The van der Waals surface area contributed by atoms with Crippen LogP contribution in [0.1, 0.15) is 34.8 Å². The molecule has 0 fully saturated rings. The van der Waals surface area contributed by atoms with Gasteiger partial charge in [-0.05, 0) is 49.1 Å². The van der Waals surface area contributed by atoms with Gasteiger partial charge < -0.3 is 14.2 Å². The van der Waals surface area contributed by atoms with Crippen molar-refractivity contribution in [3.63, 3.8) is 0 Å². The first kappa shape index (κ1) is 24.7. The van der Waals surface area contributed by atoms with Crippen LogP contribution in [0.2, 0.25) is 0 Å². The maximum absolute atomic E-state index is 13.3. The van der Waals surface area contributed by atoms with Gasteiger partial charge in [0.25, 0.3) is 5.91 Å². The third-order valence-corrected chi connectivity index (χ3v) is 4.83. The molecular formula is C25H29NO6. The Kier molecular flexibility index (Phi) is 9.47. The zero-order chi connectivity index (χ0) is 23.5. The van der Waals surface area contributed by atoms with Crippen molar-refractivity contribution >= 4 is 17.8 Å². The molecular weight excluding hydrogens is 410 g/mol. The molecule has 2 aromatic rings. The number of benzene rings is 2. The summed E-state index contributed by atoms with van der Waals surface area (Å²) >= 11 is 0. The van der Waals surface area contributed by atoms with Crippen molar-refractivity contribution in [1.29, 1.82) is 0 Å². The summed E-state index contributed by atoms with van der Waals surface area (Å²) in [4.78, 5) is 39.2. The molecule has 2 rings (SSSR count). The first-order chi connectivity index (χ1) is 15.4. The summed E-state index contributed by atoms with van der Waals surface area (Å²) < 4.78 is 15.5. The smallest absolute Gasteiger partial charge is 0.315 e. The number of allylic oxidation sites excluding steroid dienone is 1. The topological polar surface area (TPSA) is 82.1 Å². The van der Waals surface area contributed by atoms with Crippen molar-refractivity contribution in [2.75, 3.05) is 27.4 Å². The van der Waals surface area contributed by atoms with E-state index in [1.165, 1.54) is 7.11 Å². The molecule has 7 heteroatoms. The number of carbonyl (C=O) groups is 3. The molecule has 0 saturated carbocycles. The molecule has 0 heterocycles. The van der Waals surface area contributed by atoms with Crippen molar-refractivity contribution in [1.82, 2.24) is 4.90 Å². The average molecular weight is 440 g/mol. The van der Waals surface area contributed by atoms with Crippen LogP contribution in [0, 0.1) is 0 Å². The second kappa shape index (κ2) is 12.3. The van der Waals surface area contributed by atoms with E-state index in [9.17, 15) is 14.4 Å². The molecule has 2 aromatic carbocycles. The monoisotopic (exact) mass is 439 g/mol. The number of hydrogen-bond acceptors (Lipinski definition) is 6. The van der Waals surface area contributed by atoms with E-state index in [-0.39, 0.29) is 13.2 Å². The van der Waals surface area contributed by atoms with E-state index >= 15 is 0 Å². The lowest BCUT2D eigenvalue weighted by Gasteiger charge is -2.22. The molecule has 0 aliphatic rings. The van der Waals surface area contributed by atoms with Gasteiger partial charge in [0.2, 0.25) is 5.91 Å². The van der Waals surface area contributed by atoms with Crippen molar-refractivity contribution < 1.29 is 28.6 Å².